The van der Waals surface area contributed by atoms with E-state index in [0.29, 0.717) is 18.0 Å². The summed E-state index contributed by atoms with van der Waals surface area (Å²) >= 11 is 1.45. The van der Waals surface area contributed by atoms with Crippen LogP contribution in [-0.4, -0.2) is 22.8 Å². The molecule has 1 aliphatic heterocycles. The molecule has 110 valence electrons. The molecular formula is C15H17N3O2S. The van der Waals surface area contributed by atoms with Gasteiger partial charge in [0.2, 0.25) is 11.8 Å². The van der Waals surface area contributed by atoms with E-state index < -0.39 is 6.04 Å². The van der Waals surface area contributed by atoms with Crippen molar-refractivity contribution in [2.75, 3.05) is 5.32 Å². The Kier molecular flexibility index (Phi) is 3.88. The minimum atomic E-state index is -0.450. The van der Waals surface area contributed by atoms with Gasteiger partial charge in [0, 0.05) is 6.42 Å². The minimum Gasteiger partial charge on any atom is -0.344 e. The second-order valence-corrected chi connectivity index (χ2v) is 6.38. The van der Waals surface area contributed by atoms with Crippen molar-refractivity contribution in [3.63, 3.8) is 0 Å². The maximum absolute atomic E-state index is 12.3. The highest BCUT2D eigenvalue weighted by Gasteiger charge is 2.23. The van der Waals surface area contributed by atoms with E-state index in [1.807, 2.05) is 19.1 Å². The Morgan fingerprint density at radius 3 is 3.14 bits per heavy atom. The summed E-state index contributed by atoms with van der Waals surface area (Å²) in [6.45, 7) is 2.03. The molecule has 2 amide bonds. The van der Waals surface area contributed by atoms with Crippen LogP contribution < -0.4 is 10.6 Å². The van der Waals surface area contributed by atoms with Crippen LogP contribution in [0.2, 0.25) is 0 Å². The van der Waals surface area contributed by atoms with Crippen molar-refractivity contribution in [3.05, 3.63) is 23.8 Å². The zero-order chi connectivity index (χ0) is 14.8. The molecule has 2 heterocycles. The van der Waals surface area contributed by atoms with Crippen LogP contribution in [0.15, 0.2) is 18.2 Å². The van der Waals surface area contributed by atoms with Gasteiger partial charge in [-0.15, -0.1) is 0 Å². The number of carbonyl (C=O) groups is 2. The van der Waals surface area contributed by atoms with E-state index in [1.54, 1.807) is 0 Å². The summed E-state index contributed by atoms with van der Waals surface area (Å²) in [7, 11) is 0. The van der Waals surface area contributed by atoms with E-state index in [0.717, 1.165) is 23.1 Å². The quantitative estimate of drug-likeness (QED) is 0.896. The minimum absolute atomic E-state index is 0.0485. The summed E-state index contributed by atoms with van der Waals surface area (Å²) in [5.74, 6) is -0.228. The molecule has 1 aromatic carbocycles. The maximum Gasteiger partial charge on any atom is 0.248 e. The zero-order valence-corrected chi connectivity index (χ0v) is 12.6. The van der Waals surface area contributed by atoms with Gasteiger partial charge in [-0.2, -0.15) is 0 Å². The average Bonchev–Trinajstić information content (AvgIpc) is 2.69. The molecule has 1 fully saturated rings. The number of hydrogen-bond donors (Lipinski definition) is 2. The monoisotopic (exact) mass is 303 g/mol. The number of amides is 2. The van der Waals surface area contributed by atoms with Crippen LogP contribution in [0.3, 0.4) is 0 Å². The van der Waals surface area contributed by atoms with Gasteiger partial charge in [0.05, 0.1) is 10.2 Å². The van der Waals surface area contributed by atoms with Crippen molar-refractivity contribution < 1.29 is 9.59 Å². The lowest BCUT2D eigenvalue weighted by molar-refractivity contribution is -0.125. The third-order valence-electron chi connectivity index (χ3n) is 3.57. The van der Waals surface area contributed by atoms with Crippen LogP contribution in [0.4, 0.5) is 5.13 Å². The fraction of sp³-hybridized carbons (Fsp3) is 0.400. The number of benzene rings is 1. The van der Waals surface area contributed by atoms with Crippen molar-refractivity contribution >= 4 is 38.5 Å². The number of hydrogen-bond acceptors (Lipinski definition) is 4. The molecule has 0 bridgehead atoms. The fourth-order valence-corrected chi connectivity index (χ4v) is 3.41. The Labute approximate surface area is 126 Å². The van der Waals surface area contributed by atoms with E-state index in [2.05, 4.69) is 21.7 Å². The number of fused-ring (bicyclic) bond motifs is 1. The molecule has 1 unspecified atom stereocenters. The zero-order valence-electron chi connectivity index (χ0n) is 11.8. The van der Waals surface area contributed by atoms with Gasteiger partial charge in [-0.1, -0.05) is 23.8 Å². The van der Waals surface area contributed by atoms with Crippen molar-refractivity contribution in [1.82, 2.24) is 10.3 Å². The maximum atomic E-state index is 12.3. The molecule has 2 N–H and O–H groups in total. The predicted octanol–water partition coefficient (Wildman–Crippen LogP) is 2.60. The van der Waals surface area contributed by atoms with Crippen molar-refractivity contribution in [2.24, 2.45) is 0 Å². The lowest BCUT2D eigenvalue weighted by atomic mass is 10.1. The molecule has 1 aliphatic rings. The second kappa shape index (κ2) is 5.81. The van der Waals surface area contributed by atoms with Gasteiger partial charge in [0.25, 0.3) is 0 Å². The molecule has 5 nitrogen and oxygen atoms in total. The van der Waals surface area contributed by atoms with Crippen molar-refractivity contribution in [2.45, 2.75) is 38.6 Å². The largest absolute Gasteiger partial charge is 0.344 e. The Hall–Kier alpha value is -1.95. The second-order valence-electron chi connectivity index (χ2n) is 5.35. The molecule has 6 heteroatoms. The molecule has 21 heavy (non-hydrogen) atoms. The summed E-state index contributed by atoms with van der Waals surface area (Å²) in [4.78, 5) is 28.2. The summed E-state index contributed by atoms with van der Waals surface area (Å²) in [5, 5.41) is 6.17. The molecular weight excluding hydrogens is 286 g/mol. The molecule has 0 radical (unpaired) electrons. The number of carbonyl (C=O) groups excluding carboxylic acids is 2. The number of aryl methyl sites for hydroxylation is 1. The highest BCUT2D eigenvalue weighted by Crippen LogP contribution is 2.27. The summed E-state index contributed by atoms with van der Waals surface area (Å²) in [5.41, 5.74) is 2.05. The first-order valence-corrected chi connectivity index (χ1v) is 7.91. The first-order chi connectivity index (χ1) is 10.1. The Bertz CT molecular complexity index is 695. The van der Waals surface area contributed by atoms with Gasteiger partial charge in [0.1, 0.15) is 6.04 Å². The number of anilines is 1. The smallest absolute Gasteiger partial charge is 0.248 e. The molecule has 3 rings (SSSR count). The number of nitrogens with one attached hydrogen (secondary N) is 2. The van der Waals surface area contributed by atoms with Crippen LogP contribution in [0.5, 0.6) is 0 Å². The highest BCUT2D eigenvalue weighted by molar-refractivity contribution is 7.22. The van der Waals surface area contributed by atoms with Gasteiger partial charge < -0.3 is 10.6 Å². The number of rotatable bonds is 2. The molecule has 0 spiro atoms. The van der Waals surface area contributed by atoms with Gasteiger partial charge in [-0.05, 0) is 37.5 Å². The predicted molar refractivity (Wildman–Crippen MR) is 83.4 cm³/mol. The molecule has 0 aliphatic carbocycles. The Balaban J connectivity index is 1.74. The number of nitrogens with zero attached hydrogens (tertiary/aromatic N) is 1. The SMILES string of the molecule is Cc1ccc2nc(NC(=O)C3CCCCC(=O)N3)sc2c1. The van der Waals surface area contributed by atoms with Crippen LogP contribution in [0, 0.1) is 6.92 Å². The van der Waals surface area contributed by atoms with Gasteiger partial charge in [-0.3, -0.25) is 9.59 Å². The molecule has 1 aromatic heterocycles. The van der Waals surface area contributed by atoms with E-state index in [1.165, 1.54) is 16.9 Å². The summed E-state index contributed by atoms with van der Waals surface area (Å²) < 4.78 is 1.05. The lowest BCUT2D eigenvalue weighted by Gasteiger charge is -2.14. The first-order valence-electron chi connectivity index (χ1n) is 7.09. The van der Waals surface area contributed by atoms with Gasteiger partial charge >= 0.3 is 0 Å². The van der Waals surface area contributed by atoms with E-state index >= 15 is 0 Å². The van der Waals surface area contributed by atoms with E-state index in [9.17, 15) is 9.59 Å². The van der Waals surface area contributed by atoms with Gasteiger partial charge in [0.15, 0.2) is 5.13 Å². The molecule has 1 saturated heterocycles. The molecule has 1 atom stereocenters. The Morgan fingerprint density at radius 2 is 2.29 bits per heavy atom. The topological polar surface area (TPSA) is 71.1 Å². The third kappa shape index (κ3) is 3.21. The summed E-state index contributed by atoms with van der Waals surface area (Å²) in [6, 6.07) is 5.55. The van der Waals surface area contributed by atoms with Crippen LogP contribution in [0.25, 0.3) is 10.2 Å². The van der Waals surface area contributed by atoms with Gasteiger partial charge in [-0.25, -0.2) is 4.98 Å². The van der Waals surface area contributed by atoms with Crippen LogP contribution in [-0.2, 0) is 9.59 Å². The summed E-state index contributed by atoms with van der Waals surface area (Å²) in [6.07, 6.45) is 2.91. The fourth-order valence-electron chi connectivity index (χ4n) is 2.45. The van der Waals surface area contributed by atoms with E-state index in [-0.39, 0.29) is 11.8 Å². The lowest BCUT2D eigenvalue weighted by Crippen LogP contribution is -2.42. The number of aromatic nitrogens is 1. The van der Waals surface area contributed by atoms with E-state index in [4.69, 9.17) is 0 Å². The molecule has 2 aromatic rings. The molecule has 0 saturated carbocycles. The highest BCUT2D eigenvalue weighted by atomic mass is 32.1. The van der Waals surface area contributed by atoms with Crippen LogP contribution in [0.1, 0.15) is 31.2 Å². The van der Waals surface area contributed by atoms with Crippen LogP contribution >= 0.6 is 11.3 Å². The Morgan fingerprint density at radius 1 is 1.43 bits per heavy atom. The van der Waals surface area contributed by atoms with Crippen molar-refractivity contribution in [1.29, 1.82) is 0 Å². The average molecular weight is 303 g/mol. The first kappa shape index (κ1) is 14.0. The number of thiazole rings is 1. The third-order valence-corrected chi connectivity index (χ3v) is 4.51. The normalized spacial score (nSPS) is 19.1. The van der Waals surface area contributed by atoms with Crippen molar-refractivity contribution in [3.8, 4) is 0 Å². The standard InChI is InChI=1S/C15H17N3O2S/c1-9-6-7-10-12(8-9)21-15(17-10)18-14(20)11-4-2-3-5-13(19)16-11/h6-8,11H,2-5H2,1H3,(H,16,19)(H,17,18,20).